The number of carbonyl (C=O) groups is 2. The molecule has 126 valence electrons. The van der Waals surface area contributed by atoms with Crippen LogP contribution in [0.1, 0.15) is 34.1 Å². The average Bonchev–Trinajstić information content (AvgIpc) is 2.59. The van der Waals surface area contributed by atoms with E-state index in [-0.39, 0.29) is 11.8 Å². The first-order valence-electron chi connectivity index (χ1n) is 7.87. The van der Waals surface area contributed by atoms with E-state index in [0.717, 1.165) is 6.42 Å². The smallest absolute Gasteiger partial charge is 0.259 e. The van der Waals surface area contributed by atoms with Gasteiger partial charge in [0.1, 0.15) is 5.75 Å². The van der Waals surface area contributed by atoms with Crippen LogP contribution in [0.2, 0.25) is 0 Å². The Morgan fingerprint density at radius 2 is 1.83 bits per heavy atom. The highest BCUT2D eigenvalue weighted by atomic mass is 16.5. The van der Waals surface area contributed by atoms with Gasteiger partial charge in [-0.05, 0) is 36.8 Å². The van der Waals surface area contributed by atoms with Crippen LogP contribution in [0.4, 0.5) is 5.69 Å². The van der Waals surface area contributed by atoms with Gasteiger partial charge in [-0.1, -0.05) is 25.1 Å². The Hall–Kier alpha value is -2.82. The van der Waals surface area contributed by atoms with Crippen molar-refractivity contribution in [1.29, 1.82) is 0 Å². The van der Waals surface area contributed by atoms with Crippen molar-refractivity contribution in [2.75, 3.05) is 26.0 Å². The van der Waals surface area contributed by atoms with Crippen molar-refractivity contribution in [2.24, 2.45) is 0 Å². The Balaban J connectivity index is 2.18. The Morgan fingerprint density at radius 3 is 2.54 bits per heavy atom. The van der Waals surface area contributed by atoms with E-state index in [4.69, 9.17) is 4.74 Å². The standard InChI is InChI=1S/C19H22N2O3/c1-4-12-24-17-11-6-5-10-16(17)18(22)20-15-9-7-8-14(13-15)19(23)21(2)3/h5-11,13H,4,12H2,1-3H3,(H,20,22). The van der Waals surface area contributed by atoms with Crippen molar-refractivity contribution in [3.05, 3.63) is 59.7 Å². The summed E-state index contributed by atoms with van der Waals surface area (Å²) in [6, 6.07) is 14.0. The number of hydrogen-bond donors (Lipinski definition) is 1. The Labute approximate surface area is 142 Å². The van der Waals surface area contributed by atoms with Gasteiger partial charge >= 0.3 is 0 Å². The molecule has 0 spiro atoms. The van der Waals surface area contributed by atoms with E-state index in [1.165, 1.54) is 4.90 Å². The third kappa shape index (κ3) is 4.35. The number of benzene rings is 2. The molecule has 2 aromatic carbocycles. The fraction of sp³-hybridized carbons (Fsp3) is 0.263. The highest BCUT2D eigenvalue weighted by Gasteiger charge is 2.14. The monoisotopic (exact) mass is 326 g/mol. The molecule has 0 heterocycles. The molecule has 0 saturated heterocycles. The maximum atomic E-state index is 12.5. The second-order valence-corrected chi connectivity index (χ2v) is 5.58. The highest BCUT2D eigenvalue weighted by Crippen LogP contribution is 2.20. The van der Waals surface area contributed by atoms with Gasteiger partial charge in [0, 0.05) is 25.3 Å². The second kappa shape index (κ2) is 8.15. The van der Waals surface area contributed by atoms with Crippen LogP contribution in [0.3, 0.4) is 0 Å². The molecular weight excluding hydrogens is 304 g/mol. The molecular formula is C19H22N2O3. The largest absolute Gasteiger partial charge is 0.493 e. The zero-order chi connectivity index (χ0) is 17.5. The number of ether oxygens (including phenoxy) is 1. The fourth-order valence-electron chi connectivity index (χ4n) is 2.18. The first-order valence-corrected chi connectivity index (χ1v) is 7.87. The number of anilines is 1. The van der Waals surface area contributed by atoms with Gasteiger partial charge in [-0.3, -0.25) is 9.59 Å². The molecule has 0 atom stereocenters. The molecule has 1 N–H and O–H groups in total. The molecule has 2 rings (SSSR count). The molecule has 24 heavy (non-hydrogen) atoms. The molecule has 5 heteroatoms. The van der Waals surface area contributed by atoms with Crippen molar-refractivity contribution >= 4 is 17.5 Å². The minimum absolute atomic E-state index is 0.113. The lowest BCUT2D eigenvalue weighted by Gasteiger charge is -2.13. The van der Waals surface area contributed by atoms with Gasteiger partial charge in [0.2, 0.25) is 0 Å². The van der Waals surface area contributed by atoms with Gasteiger partial charge < -0.3 is 15.0 Å². The molecule has 2 aromatic rings. The van der Waals surface area contributed by atoms with Gasteiger partial charge in [0.25, 0.3) is 11.8 Å². The number of nitrogens with zero attached hydrogens (tertiary/aromatic N) is 1. The summed E-state index contributed by atoms with van der Waals surface area (Å²) in [6.45, 7) is 2.56. The van der Waals surface area contributed by atoms with E-state index in [1.807, 2.05) is 13.0 Å². The maximum absolute atomic E-state index is 12.5. The number of carbonyl (C=O) groups excluding carboxylic acids is 2. The molecule has 0 radical (unpaired) electrons. The Kier molecular flexibility index (Phi) is 5.95. The zero-order valence-electron chi connectivity index (χ0n) is 14.2. The van der Waals surface area contributed by atoms with Gasteiger partial charge in [0.15, 0.2) is 0 Å². The van der Waals surface area contributed by atoms with Crippen LogP contribution in [0.15, 0.2) is 48.5 Å². The molecule has 0 aromatic heterocycles. The van der Waals surface area contributed by atoms with Gasteiger partial charge in [-0.15, -0.1) is 0 Å². The molecule has 0 aliphatic heterocycles. The molecule has 0 saturated carbocycles. The number of amides is 2. The van der Waals surface area contributed by atoms with Crippen LogP contribution in [0.25, 0.3) is 0 Å². The van der Waals surface area contributed by atoms with Crippen LogP contribution in [0, 0.1) is 0 Å². The van der Waals surface area contributed by atoms with Crippen LogP contribution < -0.4 is 10.1 Å². The summed E-state index contributed by atoms with van der Waals surface area (Å²) in [7, 11) is 3.38. The molecule has 5 nitrogen and oxygen atoms in total. The van der Waals surface area contributed by atoms with Crippen molar-refractivity contribution < 1.29 is 14.3 Å². The Morgan fingerprint density at radius 1 is 1.08 bits per heavy atom. The molecule has 0 fully saturated rings. The molecule has 0 aliphatic carbocycles. The first-order chi connectivity index (χ1) is 11.5. The van der Waals surface area contributed by atoms with Crippen LogP contribution in [-0.4, -0.2) is 37.4 Å². The molecule has 0 bridgehead atoms. The second-order valence-electron chi connectivity index (χ2n) is 5.58. The van der Waals surface area contributed by atoms with Crippen molar-refractivity contribution in [1.82, 2.24) is 4.90 Å². The maximum Gasteiger partial charge on any atom is 0.259 e. The van der Waals surface area contributed by atoms with Crippen molar-refractivity contribution in [2.45, 2.75) is 13.3 Å². The predicted octanol–water partition coefficient (Wildman–Crippen LogP) is 3.43. The minimum atomic E-state index is -0.267. The Bertz CT molecular complexity index is 726. The normalized spacial score (nSPS) is 10.1. The summed E-state index contributed by atoms with van der Waals surface area (Å²) in [5.41, 5.74) is 1.56. The fourth-order valence-corrected chi connectivity index (χ4v) is 2.18. The summed E-state index contributed by atoms with van der Waals surface area (Å²) < 4.78 is 5.62. The summed E-state index contributed by atoms with van der Waals surface area (Å²) in [6.07, 6.45) is 0.866. The van der Waals surface area contributed by atoms with E-state index in [1.54, 1.807) is 56.6 Å². The van der Waals surface area contributed by atoms with E-state index in [2.05, 4.69) is 5.32 Å². The summed E-state index contributed by atoms with van der Waals surface area (Å²) in [5.74, 6) is 0.173. The van der Waals surface area contributed by atoms with Gasteiger partial charge in [-0.25, -0.2) is 0 Å². The number of rotatable bonds is 6. The topological polar surface area (TPSA) is 58.6 Å². The summed E-state index contributed by atoms with van der Waals surface area (Å²) in [4.78, 5) is 26.0. The lowest BCUT2D eigenvalue weighted by atomic mass is 10.1. The SMILES string of the molecule is CCCOc1ccccc1C(=O)Nc1cccc(C(=O)N(C)C)c1. The van der Waals surface area contributed by atoms with E-state index in [0.29, 0.717) is 29.2 Å². The average molecular weight is 326 g/mol. The van der Waals surface area contributed by atoms with E-state index >= 15 is 0 Å². The summed E-state index contributed by atoms with van der Waals surface area (Å²) in [5, 5.41) is 2.82. The third-order valence-electron chi connectivity index (χ3n) is 3.37. The number of hydrogen-bond acceptors (Lipinski definition) is 3. The van der Waals surface area contributed by atoms with Crippen LogP contribution >= 0.6 is 0 Å². The van der Waals surface area contributed by atoms with Crippen molar-refractivity contribution in [3.8, 4) is 5.75 Å². The summed E-state index contributed by atoms with van der Waals surface area (Å²) >= 11 is 0. The minimum Gasteiger partial charge on any atom is -0.493 e. The molecule has 2 amide bonds. The van der Waals surface area contributed by atoms with Crippen LogP contribution in [-0.2, 0) is 0 Å². The zero-order valence-corrected chi connectivity index (χ0v) is 14.2. The van der Waals surface area contributed by atoms with E-state index < -0.39 is 0 Å². The number of nitrogens with one attached hydrogen (secondary N) is 1. The predicted molar refractivity (Wildman–Crippen MR) is 94.6 cm³/mol. The molecule has 0 unspecified atom stereocenters. The lowest BCUT2D eigenvalue weighted by Crippen LogP contribution is -2.22. The molecule has 0 aliphatic rings. The van der Waals surface area contributed by atoms with Gasteiger partial charge in [-0.2, -0.15) is 0 Å². The lowest BCUT2D eigenvalue weighted by molar-refractivity contribution is 0.0827. The highest BCUT2D eigenvalue weighted by molar-refractivity contribution is 6.06. The van der Waals surface area contributed by atoms with Crippen LogP contribution in [0.5, 0.6) is 5.75 Å². The van der Waals surface area contributed by atoms with Gasteiger partial charge in [0.05, 0.1) is 12.2 Å². The first kappa shape index (κ1) is 17.5. The number of para-hydroxylation sites is 1. The third-order valence-corrected chi connectivity index (χ3v) is 3.37. The van der Waals surface area contributed by atoms with Crippen molar-refractivity contribution in [3.63, 3.8) is 0 Å². The van der Waals surface area contributed by atoms with E-state index in [9.17, 15) is 9.59 Å². The quantitative estimate of drug-likeness (QED) is 0.885.